The van der Waals surface area contributed by atoms with E-state index in [2.05, 4.69) is 17.6 Å². The van der Waals surface area contributed by atoms with Gasteiger partial charge in [-0.1, -0.05) is 74.7 Å². The number of aromatic hydroxyl groups is 1. The van der Waals surface area contributed by atoms with Crippen LogP contribution in [0.25, 0.3) is 0 Å². The van der Waals surface area contributed by atoms with E-state index in [9.17, 15) is 19.5 Å². The number of benzene rings is 2. The third kappa shape index (κ3) is 11.1. The van der Waals surface area contributed by atoms with Crippen molar-refractivity contribution in [3.63, 3.8) is 0 Å². The third-order valence-corrected chi connectivity index (χ3v) is 6.88. The van der Waals surface area contributed by atoms with Gasteiger partial charge in [0, 0.05) is 18.7 Å². The quantitative estimate of drug-likeness (QED) is 0.233. The van der Waals surface area contributed by atoms with Crippen molar-refractivity contribution >= 4 is 29.7 Å². The number of nitrogens with zero attached hydrogens (tertiary/aromatic N) is 1. The fourth-order valence-corrected chi connectivity index (χ4v) is 4.74. The minimum absolute atomic E-state index is 0.0746. The second kappa shape index (κ2) is 16.8. The summed E-state index contributed by atoms with van der Waals surface area (Å²) >= 11 is 1.56. The normalized spacial score (nSPS) is 12.7. The highest BCUT2D eigenvalue weighted by atomic mass is 32.2. The molecule has 0 saturated heterocycles. The average Bonchev–Trinajstić information content (AvgIpc) is 2.91. The van der Waals surface area contributed by atoms with E-state index >= 15 is 0 Å². The van der Waals surface area contributed by atoms with Crippen LogP contribution in [-0.4, -0.2) is 58.1 Å². The number of alkyl carbamates (subject to hydrolysis) is 1. The average molecular weight is 572 g/mol. The van der Waals surface area contributed by atoms with Gasteiger partial charge in [0.05, 0.1) is 0 Å². The lowest BCUT2D eigenvalue weighted by molar-refractivity contribution is -0.142. The molecule has 0 saturated carbocycles. The molecule has 2 aromatic carbocycles. The Bertz CT molecular complexity index is 1070. The van der Waals surface area contributed by atoms with E-state index in [0.717, 1.165) is 24.8 Å². The van der Waals surface area contributed by atoms with Crippen LogP contribution in [0.1, 0.15) is 77.0 Å². The molecule has 0 heterocycles. The molecule has 0 radical (unpaired) electrons. The Balaban J connectivity index is 2.46. The van der Waals surface area contributed by atoms with Gasteiger partial charge in [-0.05, 0) is 57.3 Å². The fourth-order valence-electron chi connectivity index (χ4n) is 4.27. The third-order valence-electron chi connectivity index (χ3n) is 6.24. The summed E-state index contributed by atoms with van der Waals surface area (Å²) in [5, 5.41) is 16.5. The second-order valence-electron chi connectivity index (χ2n) is 10.7. The van der Waals surface area contributed by atoms with Crippen LogP contribution in [0.2, 0.25) is 0 Å². The van der Waals surface area contributed by atoms with Crippen LogP contribution in [0.15, 0.2) is 54.6 Å². The number of thioether (sulfide) groups is 1. The molecule has 9 heteroatoms. The number of carbonyl (C=O) groups excluding carboxylic acids is 3. The SMILES string of the molecule is CCCCCCN(C(=O)C(CCSC)NC(=O)OC(C)(C)C)C(C(=O)NCc1ccccc1)c1ccccc1O. The van der Waals surface area contributed by atoms with E-state index in [4.69, 9.17) is 4.74 Å². The Kier molecular flexibility index (Phi) is 13.9. The van der Waals surface area contributed by atoms with Gasteiger partial charge in [-0.2, -0.15) is 11.8 Å². The largest absolute Gasteiger partial charge is 0.508 e. The van der Waals surface area contributed by atoms with E-state index in [0.29, 0.717) is 30.7 Å². The van der Waals surface area contributed by atoms with Gasteiger partial charge in [-0.15, -0.1) is 0 Å². The van der Waals surface area contributed by atoms with Gasteiger partial charge in [0.25, 0.3) is 0 Å². The second-order valence-corrected chi connectivity index (χ2v) is 11.7. The molecule has 3 N–H and O–H groups in total. The van der Waals surface area contributed by atoms with Crippen LogP contribution in [0.3, 0.4) is 0 Å². The number of carbonyl (C=O) groups is 3. The smallest absolute Gasteiger partial charge is 0.408 e. The Morgan fingerprint density at radius 1 is 1.00 bits per heavy atom. The maximum Gasteiger partial charge on any atom is 0.408 e. The highest BCUT2D eigenvalue weighted by Crippen LogP contribution is 2.30. The molecule has 2 aromatic rings. The molecule has 2 atom stereocenters. The maximum absolute atomic E-state index is 14.2. The van der Waals surface area contributed by atoms with Crippen LogP contribution in [-0.2, 0) is 20.9 Å². The van der Waals surface area contributed by atoms with E-state index in [1.165, 1.54) is 11.0 Å². The van der Waals surface area contributed by atoms with Crippen LogP contribution in [0.5, 0.6) is 5.75 Å². The molecule has 0 aliphatic rings. The zero-order valence-electron chi connectivity index (χ0n) is 24.4. The summed E-state index contributed by atoms with van der Waals surface area (Å²) < 4.78 is 5.44. The number of ether oxygens (including phenoxy) is 1. The first-order valence-corrected chi connectivity index (χ1v) is 15.3. The molecular formula is C31H45N3O5S. The summed E-state index contributed by atoms with van der Waals surface area (Å²) in [5.41, 5.74) is 0.516. The lowest BCUT2D eigenvalue weighted by atomic mass is 10.0. The molecular weight excluding hydrogens is 526 g/mol. The number of para-hydroxylation sites is 1. The van der Waals surface area contributed by atoms with Crippen molar-refractivity contribution in [1.29, 1.82) is 0 Å². The summed E-state index contributed by atoms with van der Waals surface area (Å²) in [7, 11) is 0. The van der Waals surface area contributed by atoms with Gasteiger partial charge < -0.3 is 25.4 Å². The molecule has 0 spiro atoms. The molecule has 0 aliphatic carbocycles. The lowest BCUT2D eigenvalue weighted by Crippen LogP contribution is -2.53. The Labute approximate surface area is 243 Å². The first-order valence-electron chi connectivity index (χ1n) is 14.0. The van der Waals surface area contributed by atoms with Crippen LogP contribution in [0, 0.1) is 0 Å². The molecule has 0 bridgehead atoms. The minimum Gasteiger partial charge on any atom is -0.508 e. The van der Waals surface area contributed by atoms with Crippen molar-refractivity contribution in [2.24, 2.45) is 0 Å². The number of rotatable bonds is 15. The summed E-state index contributed by atoms with van der Waals surface area (Å²) in [6.07, 6.45) is 5.18. The Morgan fingerprint density at radius 3 is 2.30 bits per heavy atom. The zero-order valence-corrected chi connectivity index (χ0v) is 25.3. The summed E-state index contributed by atoms with van der Waals surface area (Å²) in [4.78, 5) is 42.2. The number of phenols is 1. The molecule has 0 fully saturated rings. The number of amides is 3. The Hall–Kier alpha value is -3.20. The van der Waals surface area contributed by atoms with Crippen LogP contribution in [0.4, 0.5) is 4.79 Å². The fraction of sp³-hybridized carbons (Fsp3) is 0.516. The van der Waals surface area contributed by atoms with Crippen molar-refractivity contribution in [2.75, 3.05) is 18.6 Å². The van der Waals surface area contributed by atoms with Gasteiger partial charge in [-0.25, -0.2) is 4.79 Å². The number of phenolic OH excluding ortho intramolecular Hbond substituents is 1. The highest BCUT2D eigenvalue weighted by molar-refractivity contribution is 7.98. The van der Waals surface area contributed by atoms with E-state index < -0.39 is 29.7 Å². The standard InChI is InChI=1S/C31H45N3O5S/c1-6-7-8-14-20-34(29(37)25(19-21-40-5)33-30(38)39-31(2,3)4)27(24-17-12-13-18-26(24)35)28(36)32-22-23-15-10-9-11-16-23/h9-13,15-18,25,27,35H,6-8,14,19-22H2,1-5H3,(H,32,36)(H,33,38). The number of unbranched alkanes of at least 4 members (excludes halogenated alkanes) is 3. The molecule has 0 aliphatic heterocycles. The van der Waals surface area contributed by atoms with Crippen LogP contribution >= 0.6 is 11.8 Å². The van der Waals surface area contributed by atoms with Gasteiger partial charge in [-0.3, -0.25) is 9.59 Å². The number of hydrogen-bond donors (Lipinski definition) is 3. The summed E-state index contributed by atoms with van der Waals surface area (Å²) in [6, 6.07) is 14.1. The monoisotopic (exact) mass is 571 g/mol. The van der Waals surface area contributed by atoms with Crippen molar-refractivity contribution in [3.05, 3.63) is 65.7 Å². The van der Waals surface area contributed by atoms with Crippen LogP contribution < -0.4 is 10.6 Å². The van der Waals surface area contributed by atoms with E-state index in [1.54, 1.807) is 50.7 Å². The van der Waals surface area contributed by atoms with Gasteiger partial charge in [0.1, 0.15) is 23.4 Å². The molecule has 40 heavy (non-hydrogen) atoms. The molecule has 220 valence electrons. The van der Waals surface area contributed by atoms with Crippen molar-refractivity contribution < 1.29 is 24.2 Å². The summed E-state index contributed by atoms with van der Waals surface area (Å²) in [6.45, 7) is 7.95. The first-order chi connectivity index (χ1) is 19.1. The zero-order chi connectivity index (χ0) is 29.5. The molecule has 0 aromatic heterocycles. The molecule has 8 nitrogen and oxygen atoms in total. The predicted octanol–water partition coefficient (Wildman–Crippen LogP) is 5.81. The summed E-state index contributed by atoms with van der Waals surface area (Å²) in [5.74, 6) is -0.249. The minimum atomic E-state index is -1.09. The Morgan fingerprint density at radius 2 is 1.68 bits per heavy atom. The molecule has 3 amide bonds. The van der Waals surface area contributed by atoms with Gasteiger partial charge in [0.15, 0.2) is 0 Å². The highest BCUT2D eigenvalue weighted by Gasteiger charge is 2.37. The van der Waals surface area contributed by atoms with Crippen molar-refractivity contribution in [2.45, 2.75) is 84.0 Å². The lowest BCUT2D eigenvalue weighted by Gasteiger charge is -2.35. The number of hydrogen-bond acceptors (Lipinski definition) is 6. The maximum atomic E-state index is 14.2. The van der Waals surface area contributed by atoms with Crippen molar-refractivity contribution in [3.8, 4) is 5.75 Å². The topological polar surface area (TPSA) is 108 Å². The molecule has 2 rings (SSSR count). The first kappa shape index (κ1) is 33.0. The van der Waals surface area contributed by atoms with Crippen molar-refractivity contribution in [1.82, 2.24) is 15.5 Å². The molecule has 2 unspecified atom stereocenters. The van der Waals surface area contributed by atoms with E-state index in [1.807, 2.05) is 36.6 Å². The predicted molar refractivity (Wildman–Crippen MR) is 161 cm³/mol. The number of nitrogens with one attached hydrogen (secondary N) is 2. The van der Waals surface area contributed by atoms with E-state index in [-0.39, 0.29) is 18.2 Å². The van der Waals surface area contributed by atoms with Gasteiger partial charge in [0.2, 0.25) is 11.8 Å². The van der Waals surface area contributed by atoms with Gasteiger partial charge >= 0.3 is 6.09 Å².